The Morgan fingerprint density at radius 2 is 1.65 bits per heavy atom. The van der Waals surface area contributed by atoms with Crippen LogP contribution in [-0.4, -0.2) is 11.6 Å². The van der Waals surface area contributed by atoms with Crippen molar-refractivity contribution in [3.63, 3.8) is 0 Å². The third-order valence-electron chi connectivity index (χ3n) is 6.09. The first-order valence-corrected chi connectivity index (χ1v) is 9.16. The van der Waals surface area contributed by atoms with Gasteiger partial charge < -0.3 is 10.6 Å². The molecular weight excluding hydrogens is 308 g/mol. The van der Waals surface area contributed by atoms with E-state index in [0.29, 0.717) is 5.02 Å². The zero-order chi connectivity index (χ0) is 16.2. The molecule has 0 radical (unpaired) electrons. The molecule has 0 aliphatic heterocycles. The average Bonchev–Trinajstić information content (AvgIpc) is 2.40. The lowest BCUT2D eigenvalue weighted by Gasteiger charge is -2.56. The lowest BCUT2D eigenvalue weighted by atomic mass is 9.53. The topological polar surface area (TPSA) is 41.1 Å². The van der Waals surface area contributed by atoms with Gasteiger partial charge in [0.15, 0.2) is 0 Å². The van der Waals surface area contributed by atoms with Crippen LogP contribution in [0.5, 0.6) is 0 Å². The number of benzene rings is 1. The molecule has 124 valence electrons. The fourth-order valence-electron chi connectivity index (χ4n) is 5.72. The maximum absolute atomic E-state index is 12.6. The van der Waals surface area contributed by atoms with Crippen LogP contribution in [0.1, 0.15) is 49.7 Å². The molecule has 0 unspecified atom stereocenters. The molecule has 0 atom stereocenters. The van der Waals surface area contributed by atoms with Gasteiger partial charge in [0.25, 0.3) is 0 Å². The molecule has 0 aromatic heterocycles. The molecule has 0 spiro atoms. The lowest BCUT2D eigenvalue weighted by Crippen LogP contribution is -2.60. The predicted octanol–water partition coefficient (Wildman–Crippen LogP) is 5.05. The van der Waals surface area contributed by atoms with Crippen molar-refractivity contribution in [2.75, 3.05) is 5.32 Å². The van der Waals surface area contributed by atoms with Crippen LogP contribution in [0.25, 0.3) is 0 Å². The molecule has 5 rings (SSSR count). The van der Waals surface area contributed by atoms with Gasteiger partial charge >= 0.3 is 6.03 Å². The van der Waals surface area contributed by atoms with Crippen LogP contribution in [-0.2, 0) is 0 Å². The highest BCUT2D eigenvalue weighted by atomic mass is 35.5. The second-order valence-corrected chi connectivity index (χ2v) is 8.62. The number of hydrogen-bond donors (Lipinski definition) is 2. The number of carbonyl (C=O) groups excluding carboxylic acids is 1. The molecule has 4 saturated carbocycles. The van der Waals surface area contributed by atoms with Crippen LogP contribution in [0.2, 0.25) is 5.02 Å². The molecule has 1 aromatic carbocycles. The molecule has 4 aliphatic carbocycles. The monoisotopic (exact) mass is 332 g/mol. The summed E-state index contributed by atoms with van der Waals surface area (Å²) in [6.07, 6.45) is 7.62. The van der Waals surface area contributed by atoms with Crippen molar-refractivity contribution in [3.8, 4) is 0 Å². The number of rotatable bonds is 2. The summed E-state index contributed by atoms with van der Waals surface area (Å²) in [5, 5.41) is 6.95. The number of anilines is 1. The van der Waals surface area contributed by atoms with Crippen LogP contribution in [0.3, 0.4) is 0 Å². The highest BCUT2D eigenvalue weighted by Crippen LogP contribution is 2.55. The molecule has 4 heteroatoms. The van der Waals surface area contributed by atoms with Gasteiger partial charge in [-0.25, -0.2) is 4.79 Å². The van der Waals surface area contributed by atoms with E-state index in [-0.39, 0.29) is 11.6 Å². The summed E-state index contributed by atoms with van der Waals surface area (Å²) >= 11 is 6.31. The van der Waals surface area contributed by atoms with Gasteiger partial charge in [-0.05, 0) is 87.3 Å². The van der Waals surface area contributed by atoms with Gasteiger partial charge in [-0.1, -0.05) is 17.7 Å². The molecule has 23 heavy (non-hydrogen) atoms. The summed E-state index contributed by atoms with van der Waals surface area (Å²) in [6.45, 7) is 4.00. The average molecular weight is 333 g/mol. The first kappa shape index (κ1) is 15.3. The number of urea groups is 1. The highest BCUT2D eigenvalue weighted by Gasteiger charge is 2.51. The van der Waals surface area contributed by atoms with Gasteiger partial charge in [0, 0.05) is 5.54 Å². The van der Waals surface area contributed by atoms with Gasteiger partial charge in [-0.3, -0.25) is 0 Å². The van der Waals surface area contributed by atoms with E-state index in [1.165, 1.54) is 19.3 Å². The maximum atomic E-state index is 12.6. The molecule has 0 heterocycles. The fourth-order valence-corrected chi connectivity index (χ4v) is 6.09. The van der Waals surface area contributed by atoms with Crippen molar-refractivity contribution >= 4 is 23.3 Å². The molecular formula is C19H25ClN2O. The number of halogens is 1. The van der Waals surface area contributed by atoms with Gasteiger partial charge in [0.1, 0.15) is 0 Å². The van der Waals surface area contributed by atoms with E-state index >= 15 is 0 Å². The number of hydrogen-bond acceptors (Lipinski definition) is 1. The molecule has 0 saturated heterocycles. The Morgan fingerprint density at radius 1 is 1.09 bits per heavy atom. The second-order valence-electron chi connectivity index (χ2n) is 8.22. The Hall–Kier alpha value is -1.22. The fraction of sp³-hybridized carbons (Fsp3) is 0.632. The van der Waals surface area contributed by atoms with Crippen molar-refractivity contribution in [2.45, 2.75) is 57.9 Å². The first-order valence-electron chi connectivity index (χ1n) is 8.78. The molecule has 4 fully saturated rings. The normalized spacial score (nSPS) is 34.5. The van der Waals surface area contributed by atoms with Gasteiger partial charge in [0.2, 0.25) is 0 Å². The molecule has 4 aliphatic rings. The van der Waals surface area contributed by atoms with Crippen molar-refractivity contribution in [1.82, 2.24) is 5.32 Å². The van der Waals surface area contributed by atoms with E-state index in [1.807, 2.05) is 26.0 Å². The molecule has 2 N–H and O–H groups in total. The minimum Gasteiger partial charge on any atom is -0.332 e. The number of carbonyl (C=O) groups is 1. The van der Waals surface area contributed by atoms with E-state index in [0.717, 1.165) is 53.8 Å². The summed E-state index contributed by atoms with van der Waals surface area (Å²) < 4.78 is 0. The molecule has 3 nitrogen and oxygen atoms in total. The quantitative estimate of drug-likeness (QED) is 0.782. The SMILES string of the molecule is Cc1cc(C)c(NC(=O)NC23CC4CC(CC(C4)C2)C3)c(Cl)c1. The van der Waals surface area contributed by atoms with Gasteiger partial charge in [0.05, 0.1) is 10.7 Å². The Bertz CT molecular complexity index is 596. The zero-order valence-electron chi connectivity index (χ0n) is 13.9. The first-order chi connectivity index (χ1) is 10.9. The maximum Gasteiger partial charge on any atom is 0.319 e. The van der Waals surface area contributed by atoms with E-state index in [1.54, 1.807) is 0 Å². The smallest absolute Gasteiger partial charge is 0.319 e. The standard InChI is InChI=1S/C19H25ClN2O/c1-11-3-12(2)17(16(20)4-11)21-18(23)22-19-8-13-5-14(9-19)7-15(6-13)10-19/h3-4,13-15H,5-10H2,1-2H3,(H2,21,22,23). The minimum atomic E-state index is -0.0965. The lowest BCUT2D eigenvalue weighted by molar-refractivity contribution is -0.0127. The van der Waals surface area contributed by atoms with Crippen LogP contribution in [0.4, 0.5) is 10.5 Å². The third kappa shape index (κ3) is 2.84. The van der Waals surface area contributed by atoms with Crippen LogP contribution < -0.4 is 10.6 Å². The molecule has 1 aromatic rings. The number of aryl methyl sites for hydroxylation is 2. The van der Waals surface area contributed by atoms with Crippen molar-refractivity contribution in [2.24, 2.45) is 17.8 Å². The Kier molecular flexibility index (Phi) is 3.60. The summed E-state index contributed by atoms with van der Waals surface area (Å²) in [7, 11) is 0. The largest absolute Gasteiger partial charge is 0.332 e. The van der Waals surface area contributed by atoms with E-state index in [2.05, 4.69) is 10.6 Å². The zero-order valence-corrected chi connectivity index (χ0v) is 14.7. The van der Waals surface area contributed by atoms with E-state index < -0.39 is 0 Å². The number of nitrogens with one attached hydrogen (secondary N) is 2. The predicted molar refractivity (Wildman–Crippen MR) is 94.0 cm³/mol. The summed E-state index contributed by atoms with van der Waals surface area (Å²) in [6, 6.07) is 3.85. The second kappa shape index (κ2) is 5.41. The van der Waals surface area contributed by atoms with E-state index in [4.69, 9.17) is 11.6 Å². The summed E-state index contributed by atoms with van der Waals surface area (Å²) in [5.74, 6) is 2.48. The van der Waals surface area contributed by atoms with E-state index in [9.17, 15) is 4.79 Å². The highest BCUT2D eigenvalue weighted by molar-refractivity contribution is 6.34. The van der Waals surface area contributed by atoms with Crippen molar-refractivity contribution in [3.05, 3.63) is 28.3 Å². The van der Waals surface area contributed by atoms with Crippen LogP contribution in [0, 0.1) is 31.6 Å². The minimum absolute atomic E-state index is 0.0317. The Labute approximate surface area is 143 Å². The molecule has 4 bridgehead atoms. The number of amides is 2. The van der Waals surface area contributed by atoms with Crippen LogP contribution in [0.15, 0.2) is 12.1 Å². The summed E-state index contributed by atoms with van der Waals surface area (Å²) in [5.41, 5.74) is 2.89. The Morgan fingerprint density at radius 3 is 2.17 bits per heavy atom. The van der Waals surface area contributed by atoms with Crippen molar-refractivity contribution in [1.29, 1.82) is 0 Å². The van der Waals surface area contributed by atoms with Gasteiger partial charge in [-0.15, -0.1) is 0 Å². The third-order valence-corrected chi connectivity index (χ3v) is 6.39. The molecule has 2 amide bonds. The van der Waals surface area contributed by atoms with Crippen molar-refractivity contribution < 1.29 is 4.79 Å². The van der Waals surface area contributed by atoms with Crippen LogP contribution >= 0.6 is 11.6 Å². The van der Waals surface area contributed by atoms with Gasteiger partial charge in [-0.2, -0.15) is 0 Å². The summed E-state index contributed by atoms with van der Waals surface area (Å²) in [4.78, 5) is 12.6. The Balaban J connectivity index is 1.49.